The van der Waals surface area contributed by atoms with E-state index in [1.54, 1.807) is 0 Å². The Balaban J connectivity index is 2.01. The molecule has 0 saturated heterocycles. The molecule has 96 valence electrons. The van der Waals surface area contributed by atoms with Gasteiger partial charge in [-0.25, -0.2) is 9.38 Å². The van der Waals surface area contributed by atoms with E-state index in [0.717, 1.165) is 12.8 Å². The number of hydrogen-bond acceptors (Lipinski definition) is 3. The third kappa shape index (κ3) is 3.55. The summed E-state index contributed by atoms with van der Waals surface area (Å²) in [5, 5.41) is 2.59. The van der Waals surface area contributed by atoms with Gasteiger partial charge in [0, 0.05) is 5.56 Å². The van der Waals surface area contributed by atoms with Gasteiger partial charge in [0.05, 0.1) is 12.6 Å². The zero-order valence-corrected chi connectivity index (χ0v) is 10.1. The maximum Gasteiger partial charge on any atom is 0.291 e. The van der Waals surface area contributed by atoms with Gasteiger partial charge < -0.3 is 4.74 Å². The SMILES string of the molecule is CCOC(=NC1CC1)NC(=O)c1ccc(F)cc1. The van der Waals surface area contributed by atoms with Gasteiger partial charge in [-0.15, -0.1) is 0 Å². The van der Waals surface area contributed by atoms with E-state index in [9.17, 15) is 9.18 Å². The lowest BCUT2D eigenvalue weighted by Crippen LogP contribution is -2.33. The lowest BCUT2D eigenvalue weighted by atomic mass is 10.2. The van der Waals surface area contributed by atoms with Crippen molar-refractivity contribution in [3.05, 3.63) is 35.6 Å². The highest BCUT2D eigenvalue weighted by molar-refractivity contribution is 6.04. The van der Waals surface area contributed by atoms with E-state index in [4.69, 9.17) is 4.74 Å². The van der Waals surface area contributed by atoms with Gasteiger partial charge in [0.2, 0.25) is 0 Å². The number of amides is 1. The minimum Gasteiger partial charge on any atom is -0.465 e. The molecular weight excluding hydrogens is 235 g/mol. The van der Waals surface area contributed by atoms with Crippen LogP contribution in [0.25, 0.3) is 0 Å². The molecule has 5 heteroatoms. The highest BCUT2D eigenvalue weighted by atomic mass is 19.1. The summed E-state index contributed by atoms with van der Waals surface area (Å²) in [5.74, 6) is -0.717. The molecule has 1 aromatic rings. The molecule has 0 bridgehead atoms. The average Bonchev–Trinajstić information content (AvgIpc) is 3.14. The predicted octanol–water partition coefficient (Wildman–Crippen LogP) is 2.11. The van der Waals surface area contributed by atoms with Gasteiger partial charge in [0.15, 0.2) is 0 Å². The summed E-state index contributed by atoms with van der Waals surface area (Å²) in [6.45, 7) is 2.27. The largest absolute Gasteiger partial charge is 0.465 e. The monoisotopic (exact) mass is 250 g/mol. The van der Waals surface area contributed by atoms with Crippen LogP contribution in [-0.2, 0) is 4.74 Å². The smallest absolute Gasteiger partial charge is 0.291 e. The second-order valence-corrected chi connectivity index (χ2v) is 4.06. The van der Waals surface area contributed by atoms with Crippen molar-refractivity contribution in [2.24, 2.45) is 4.99 Å². The van der Waals surface area contributed by atoms with Gasteiger partial charge >= 0.3 is 0 Å². The number of nitrogens with one attached hydrogen (secondary N) is 1. The number of amidine groups is 1. The molecule has 0 aliphatic heterocycles. The first-order valence-corrected chi connectivity index (χ1v) is 5.96. The highest BCUT2D eigenvalue weighted by Crippen LogP contribution is 2.23. The number of rotatable bonds is 3. The number of ether oxygens (including phenoxy) is 1. The van der Waals surface area contributed by atoms with E-state index in [2.05, 4.69) is 10.3 Å². The zero-order valence-electron chi connectivity index (χ0n) is 10.1. The van der Waals surface area contributed by atoms with Crippen LogP contribution in [0, 0.1) is 5.82 Å². The summed E-state index contributed by atoms with van der Waals surface area (Å²) in [4.78, 5) is 16.1. The number of carbonyl (C=O) groups excluding carboxylic acids is 1. The fourth-order valence-corrected chi connectivity index (χ4v) is 1.38. The van der Waals surface area contributed by atoms with Crippen LogP contribution in [0.2, 0.25) is 0 Å². The maximum atomic E-state index is 12.7. The Hall–Kier alpha value is -1.91. The van der Waals surface area contributed by atoms with Gasteiger partial charge in [-0.3, -0.25) is 10.1 Å². The maximum absolute atomic E-state index is 12.7. The van der Waals surface area contributed by atoms with Gasteiger partial charge in [0.25, 0.3) is 11.9 Å². The molecule has 0 spiro atoms. The normalized spacial score (nSPS) is 15.3. The molecule has 0 atom stereocenters. The number of hydrogen-bond donors (Lipinski definition) is 1. The summed E-state index contributed by atoms with van der Waals surface area (Å²) in [6, 6.07) is 5.84. The Morgan fingerprint density at radius 1 is 1.44 bits per heavy atom. The molecule has 1 fully saturated rings. The molecule has 18 heavy (non-hydrogen) atoms. The Morgan fingerprint density at radius 3 is 2.67 bits per heavy atom. The van der Waals surface area contributed by atoms with Crippen LogP contribution in [-0.4, -0.2) is 24.6 Å². The van der Waals surface area contributed by atoms with Gasteiger partial charge in [-0.05, 0) is 44.0 Å². The van der Waals surface area contributed by atoms with Crippen LogP contribution in [0.15, 0.2) is 29.3 Å². The summed E-state index contributed by atoms with van der Waals surface area (Å²) < 4.78 is 18.0. The molecule has 1 N–H and O–H groups in total. The van der Waals surface area contributed by atoms with Crippen molar-refractivity contribution in [1.29, 1.82) is 0 Å². The van der Waals surface area contributed by atoms with Crippen molar-refractivity contribution in [3.63, 3.8) is 0 Å². The number of nitrogens with zero attached hydrogens (tertiary/aromatic N) is 1. The second-order valence-electron chi connectivity index (χ2n) is 4.06. The van der Waals surface area contributed by atoms with Crippen molar-refractivity contribution in [1.82, 2.24) is 5.32 Å². The fraction of sp³-hybridized carbons (Fsp3) is 0.385. The van der Waals surface area contributed by atoms with Crippen molar-refractivity contribution in [2.45, 2.75) is 25.8 Å². The first-order chi connectivity index (χ1) is 8.69. The second kappa shape index (κ2) is 5.62. The van der Waals surface area contributed by atoms with E-state index in [1.807, 2.05) is 6.92 Å². The molecule has 0 radical (unpaired) electrons. The Bertz CT molecular complexity index is 453. The number of aliphatic imine (C=N–C) groups is 1. The molecule has 1 aliphatic rings. The molecule has 1 amide bonds. The number of carbonyl (C=O) groups is 1. The predicted molar refractivity (Wildman–Crippen MR) is 65.9 cm³/mol. The zero-order chi connectivity index (χ0) is 13.0. The van der Waals surface area contributed by atoms with E-state index in [0.29, 0.717) is 12.2 Å². The molecule has 0 aromatic heterocycles. The Labute approximate surface area is 105 Å². The number of benzene rings is 1. The molecular formula is C13H15FN2O2. The van der Waals surface area contributed by atoms with Crippen molar-refractivity contribution in [2.75, 3.05) is 6.61 Å². The van der Waals surface area contributed by atoms with Crippen molar-refractivity contribution < 1.29 is 13.9 Å². The van der Waals surface area contributed by atoms with Crippen LogP contribution in [0.4, 0.5) is 4.39 Å². The highest BCUT2D eigenvalue weighted by Gasteiger charge is 2.22. The third-order valence-corrected chi connectivity index (χ3v) is 2.45. The Morgan fingerprint density at radius 2 is 2.11 bits per heavy atom. The molecule has 1 saturated carbocycles. The van der Waals surface area contributed by atoms with Crippen LogP contribution in [0.3, 0.4) is 0 Å². The summed E-state index contributed by atoms with van der Waals surface area (Å²) in [5.41, 5.74) is 0.375. The van der Waals surface area contributed by atoms with Gasteiger partial charge in [-0.2, -0.15) is 0 Å². The molecule has 0 heterocycles. The van der Waals surface area contributed by atoms with E-state index in [-0.39, 0.29) is 23.8 Å². The Kier molecular flexibility index (Phi) is 3.92. The summed E-state index contributed by atoms with van der Waals surface area (Å²) in [7, 11) is 0. The van der Waals surface area contributed by atoms with Crippen molar-refractivity contribution >= 4 is 11.9 Å². The van der Waals surface area contributed by atoms with Crippen LogP contribution < -0.4 is 5.32 Å². The lowest BCUT2D eigenvalue weighted by molar-refractivity contribution is 0.0966. The van der Waals surface area contributed by atoms with Gasteiger partial charge in [0.1, 0.15) is 5.82 Å². The van der Waals surface area contributed by atoms with Crippen molar-refractivity contribution in [3.8, 4) is 0 Å². The van der Waals surface area contributed by atoms with E-state index < -0.39 is 0 Å². The topological polar surface area (TPSA) is 50.7 Å². The van der Waals surface area contributed by atoms with Crippen LogP contribution in [0.5, 0.6) is 0 Å². The van der Waals surface area contributed by atoms with Crippen LogP contribution >= 0.6 is 0 Å². The fourth-order valence-electron chi connectivity index (χ4n) is 1.38. The average molecular weight is 250 g/mol. The molecule has 2 rings (SSSR count). The molecule has 1 aliphatic carbocycles. The quantitative estimate of drug-likeness (QED) is 0.659. The van der Waals surface area contributed by atoms with Crippen LogP contribution in [0.1, 0.15) is 30.1 Å². The molecule has 1 aromatic carbocycles. The minimum atomic E-state index is -0.372. The lowest BCUT2D eigenvalue weighted by Gasteiger charge is -2.08. The standard InChI is InChI=1S/C13H15FN2O2/c1-2-18-13(15-11-7-8-11)16-12(17)9-3-5-10(14)6-4-9/h3-6,11H,2,7-8H2,1H3,(H,15,16,17). The first kappa shape index (κ1) is 12.5. The molecule has 4 nitrogen and oxygen atoms in total. The minimum absolute atomic E-state index is 0.245. The third-order valence-electron chi connectivity index (χ3n) is 2.45. The first-order valence-electron chi connectivity index (χ1n) is 5.96. The summed E-state index contributed by atoms with van der Waals surface area (Å²) >= 11 is 0. The van der Waals surface area contributed by atoms with E-state index in [1.165, 1.54) is 24.3 Å². The van der Waals surface area contributed by atoms with E-state index >= 15 is 0 Å². The summed E-state index contributed by atoms with van der Waals surface area (Å²) in [6.07, 6.45) is 2.06. The van der Waals surface area contributed by atoms with Gasteiger partial charge in [-0.1, -0.05) is 0 Å². The number of halogens is 1. The molecule has 0 unspecified atom stereocenters.